The van der Waals surface area contributed by atoms with E-state index in [9.17, 15) is 14.7 Å². The number of fused-ring (bicyclic) bond motifs is 1. The van der Waals surface area contributed by atoms with Crippen molar-refractivity contribution in [1.29, 1.82) is 0 Å². The monoisotopic (exact) mass is 429 g/mol. The van der Waals surface area contributed by atoms with Crippen molar-refractivity contribution in [2.24, 2.45) is 0 Å². The van der Waals surface area contributed by atoms with Gasteiger partial charge in [-0.05, 0) is 43.6 Å². The number of likely N-dealkylation sites (tertiary alicyclic amines) is 1. The smallest absolute Gasteiger partial charge is 0.306 e. The molecule has 0 bridgehead atoms. The molecule has 4 rings (SSSR count). The molecule has 0 aliphatic carbocycles. The van der Waals surface area contributed by atoms with Crippen LogP contribution in [0.3, 0.4) is 0 Å². The van der Waals surface area contributed by atoms with Crippen molar-refractivity contribution in [2.75, 3.05) is 33.4 Å². The maximum Gasteiger partial charge on any atom is 0.306 e. The Balaban J connectivity index is 1.72. The molecule has 0 saturated carbocycles. The van der Waals surface area contributed by atoms with Crippen LogP contribution in [-0.4, -0.2) is 49.4 Å². The number of methoxy groups -OCH3 is 1. The van der Waals surface area contributed by atoms with Crippen LogP contribution in [0.2, 0.25) is 0 Å². The highest BCUT2D eigenvalue weighted by molar-refractivity contribution is 5.71. The highest BCUT2D eigenvalue weighted by Gasteiger charge is 2.28. The molecule has 1 N–H and O–H groups in total. The predicted octanol–water partition coefficient (Wildman–Crippen LogP) is 2.80. The zero-order valence-corrected chi connectivity index (χ0v) is 17.6. The summed E-state index contributed by atoms with van der Waals surface area (Å²) in [6.45, 7) is 3.24. The third-order valence-electron chi connectivity index (χ3n) is 5.71. The summed E-state index contributed by atoms with van der Waals surface area (Å²) in [5.41, 5.74) is 0.129. The van der Waals surface area contributed by atoms with Crippen molar-refractivity contribution >= 4 is 5.97 Å². The van der Waals surface area contributed by atoms with E-state index < -0.39 is 23.1 Å². The second-order valence-electron chi connectivity index (χ2n) is 7.86. The van der Waals surface area contributed by atoms with Gasteiger partial charge < -0.3 is 23.7 Å². The standard InChI is InChI=1S/C23H27NO7/c1-28-21(26)13-17(15-5-6-19-20(11-15)30-10-9-29-19)23-22(27)18(25)12-16(31-23)14-24-7-3-2-4-8-24/h5-6,11-12,17,27H,2-4,7-10,13-14H2,1H3/t17-/m1/s1. The first-order chi connectivity index (χ1) is 15.0. The maximum absolute atomic E-state index is 12.5. The maximum atomic E-state index is 12.5. The lowest BCUT2D eigenvalue weighted by Crippen LogP contribution is -2.29. The Morgan fingerprint density at radius 3 is 2.61 bits per heavy atom. The number of rotatable bonds is 6. The molecule has 1 atom stereocenters. The van der Waals surface area contributed by atoms with Crippen molar-refractivity contribution in [2.45, 2.75) is 38.1 Å². The van der Waals surface area contributed by atoms with E-state index in [1.807, 2.05) is 0 Å². The Morgan fingerprint density at radius 1 is 1.13 bits per heavy atom. The van der Waals surface area contributed by atoms with Crippen LogP contribution in [0.1, 0.15) is 48.7 Å². The molecule has 1 fully saturated rings. The van der Waals surface area contributed by atoms with E-state index in [0.29, 0.717) is 42.6 Å². The number of nitrogens with zero attached hydrogens (tertiary/aromatic N) is 1. The van der Waals surface area contributed by atoms with Gasteiger partial charge in [0.05, 0.1) is 26.0 Å². The summed E-state index contributed by atoms with van der Waals surface area (Å²) in [5.74, 6) is -0.0122. The molecule has 2 aliphatic rings. The van der Waals surface area contributed by atoms with Gasteiger partial charge in [0.15, 0.2) is 17.3 Å². The molecule has 8 heteroatoms. The molecule has 166 valence electrons. The Kier molecular flexibility index (Phi) is 6.46. The fourth-order valence-electron chi connectivity index (χ4n) is 4.10. The minimum atomic E-state index is -0.711. The number of ether oxygens (including phenoxy) is 3. The first-order valence-electron chi connectivity index (χ1n) is 10.6. The van der Waals surface area contributed by atoms with Gasteiger partial charge in [-0.2, -0.15) is 0 Å². The highest BCUT2D eigenvalue weighted by Crippen LogP contribution is 2.38. The van der Waals surface area contributed by atoms with Gasteiger partial charge in [-0.15, -0.1) is 0 Å². The molecular weight excluding hydrogens is 402 g/mol. The molecule has 0 spiro atoms. The van der Waals surface area contributed by atoms with E-state index in [-0.39, 0.29) is 12.2 Å². The average molecular weight is 429 g/mol. The molecule has 0 radical (unpaired) electrons. The summed E-state index contributed by atoms with van der Waals surface area (Å²) in [7, 11) is 1.30. The van der Waals surface area contributed by atoms with Crippen molar-refractivity contribution in [3.63, 3.8) is 0 Å². The van der Waals surface area contributed by atoms with Crippen LogP contribution >= 0.6 is 0 Å². The quantitative estimate of drug-likeness (QED) is 0.700. The molecule has 1 saturated heterocycles. The summed E-state index contributed by atoms with van der Waals surface area (Å²) in [6.07, 6.45) is 3.32. The first-order valence-corrected chi connectivity index (χ1v) is 10.6. The molecule has 1 aromatic heterocycles. The number of esters is 1. The van der Waals surface area contributed by atoms with Crippen LogP contribution in [0.4, 0.5) is 0 Å². The second kappa shape index (κ2) is 9.43. The zero-order chi connectivity index (χ0) is 21.8. The second-order valence-corrected chi connectivity index (χ2v) is 7.86. The number of carbonyl (C=O) groups excluding carboxylic acids is 1. The summed E-state index contributed by atoms with van der Waals surface area (Å²) in [6, 6.07) is 6.60. The SMILES string of the molecule is COC(=O)C[C@H](c1ccc2c(c1)OCCO2)c1oc(CN2CCCCC2)cc(=O)c1O. The Morgan fingerprint density at radius 2 is 1.87 bits per heavy atom. The van der Waals surface area contributed by atoms with E-state index in [1.54, 1.807) is 18.2 Å². The van der Waals surface area contributed by atoms with Gasteiger partial charge >= 0.3 is 5.97 Å². The van der Waals surface area contributed by atoms with Crippen molar-refractivity contribution in [3.8, 4) is 17.2 Å². The topological polar surface area (TPSA) is 98.4 Å². The van der Waals surface area contributed by atoms with Crippen molar-refractivity contribution in [3.05, 3.63) is 51.6 Å². The van der Waals surface area contributed by atoms with Gasteiger partial charge in [-0.25, -0.2) is 0 Å². The zero-order valence-electron chi connectivity index (χ0n) is 17.6. The minimum Gasteiger partial charge on any atom is -0.502 e. The number of aromatic hydroxyl groups is 1. The van der Waals surface area contributed by atoms with Crippen molar-refractivity contribution < 1.29 is 28.5 Å². The lowest BCUT2D eigenvalue weighted by molar-refractivity contribution is -0.140. The number of piperidine rings is 1. The lowest BCUT2D eigenvalue weighted by Gasteiger charge is -2.26. The molecule has 2 aliphatic heterocycles. The molecule has 2 aromatic rings. The van der Waals surface area contributed by atoms with E-state index in [0.717, 1.165) is 25.9 Å². The molecule has 0 unspecified atom stereocenters. The number of benzene rings is 1. The Bertz CT molecular complexity index is 994. The molecule has 3 heterocycles. The molecular formula is C23H27NO7. The van der Waals surface area contributed by atoms with Crippen molar-refractivity contribution in [1.82, 2.24) is 4.90 Å². The molecule has 0 amide bonds. The largest absolute Gasteiger partial charge is 0.502 e. The van der Waals surface area contributed by atoms with Crippen LogP contribution < -0.4 is 14.9 Å². The molecule has 31 heavy (non-hydrogen) atoms. The van der Waals surface area contributed by atoms with Gasteiger partial charge in [-0.1, -0.05) is 12.5 Å². The van der Waals surface area contributed by atoms with Gasteiger partial charge in [0.1, 0.15) is 19.0 Å². The van der Waals surface area contributed by atoms with Crippen LogP contribution in [0.25, 0.3) is 0 Å². The number of carbonyl (C=O) groups is 1. The summed E-state index contributed by atoms with van der Waals surface area (Å²) >= 11 is 0. The van der Waals surface area contributed by atoms with Gasteiger partial charge in [-0.3, -0.25) is 14.5 Å². The average Bonchev–Trinajstić information content (AvgIpc) is 2.80. The molecule has 1 aromatic carbocycles. The normalized spacial score (nSPS) is 17.2. The Hall–Kier alpha value is -3.00. The lowest BCUT2D eigenvalue weighted by atomic mass is 9.91. The predicted molar refractivity (Wildman–Crippen MR) is 112 cm³/mol. The fourth-order valence-corrected chi connectivity index (χ4v) is 4.10. The van der Waals surface area contributed by atoms with E-state index in [4.69, 9.17) is 18.6 Å². The Labute approximate surface area is 180 Å². The van der Waals surface area contributed by atoms with E-state index in [1.165, 1.54) is 19.6 Å². The number of hydrogen-bond acceptors (Lipinski definition) is 8. The van der Waals surface area contributed by atoms with Crippen LogP contribution in [-0.2, 0) is 16.1 Å². The number of hydrogen-bond donors (Lipinski definition) is 1. The fraction of sp³-hybridized carbons (Fsp3) is 0.478. The third kappa shape index (κ3) is 4.85. The minimum absolute atomic E-state index is 0.0570. The summed E-state index contributed by atoms with van der Waals surface area (Å²) in [4.78, 5) is 26.9. The summed E-state index contributed by atoms with van der Waals surface area (Å²) in [5, 5.41) is 10.6. The van der Waals surface area contributed by atoms with Crippen LogP contribution in [0, 0.1) is 0 Å². The van der Waals surface area contributed by atoms with Gasteiger partial charge in [0, 0.05) is 6.07 Å². The van der Waals surface area contributed by atoms with E-state index in [2.05, 4.69) is 4.90 Å². The third-order valence-corrected chi connectivity index (χ3v) is 5.71. The van der Waals surface area contributed by atoms with Crippen LogP contribution in [0.5, 0.6) is 17.2 Å². The van der Waals surface area contributed by atoms with Crippen LogP contribution in [0.15, 0.2) is 33.5 Å². The summed E-state index contributed by atoms with van der Waals surface area (Å²) < 4.78 is 22.1. The molecule has 8 nitrogen and oxygen atoms in total. The van der Waals surface area contributed by atoms with Gasteiger partial charge in [0.25, 0.3) is 0 Å². The van der Waals surface area contributed by atoms with Gasteiger partial charge in [0.2, 0.25) is 11.2 Å². The van der Waals surface area contributed by atoms with E-state index >= 15 is 0 Å². The highest BCUT2D eigenvalue weighted by atomic mass is 16.6. The first kappa shape index (κ1) is 21.2.